The van der Waals surface area contributed by atoms with Gasteiger partial charge < -0.3 is 10.6 Å². The van der Waals surface area contributed by atoms with E-state index in [2.05, 4.69) is 62.0 Å². The molecule has 0 aromatic heterocycles. The van der Waals surface area contributed by atoms with E-state index in [1.807, 2.05) is 0 Å². The Labute approximate surface area is 191 Å². The lowest BCUT2D eigenvalue weighted by Gasteiger charge is -2.16. The molecule has 0 radical (unpaired) electrons. The molecule has 0 aromatic carbocycles. The minimum Gasteiger partial charge on any atom is -0.356 e. The van der Waals surface area contributed by atoms with Gasteiger partial charge in [-0.3, -0.25) is 19.8 Å². The monoisotopic (exact) mass is 452 g/mol. The number of hydrazine groups is 1. The number of thioether (sulfide) groups is 1. The van der Waals surface area contributed by atoms with Gasteiger partial charge in [-0.1, -0.05) is 34.9 Å². The number of carbonyl (C=O) groups is 3. The van der Waals surface area contributed by atoms with Crippen molar-refractivity contribution < 1.29 is 14.4 Å². The predicted molar refractivity (Wildman–Crippen MR) is 130 cm³/mol. The molecule has 31 heavy (non-hydrogen) atoms. The van der Waals surface area contributed by atoms with Crippen LogP contribution in [0, 0.1) is 0 Å². The van der Waals surface area contributed by atoms with Crippen molar-refractivity contribution in [3.63, 3.8) is 0 Å². The lowest BCUT2D eigenvalue weighted by Crippen LogP contribution is -2.50. The van der Waals surface area contributed by atoms with Crippen LogP contribution in [0.15, 0.2) is 34.9 Å². The number of amides is 3. The molecule has 0 saturated heterocycles. The quantitative estimate of drug-likeness (QED) is 0.100. The van der Waals surface area contributed by atoms with Gasteiger partial charge >= 0.3 is 0 Å². The third-order valence-electron chi connectivity index (χ3n) is 4.48. The predicted octanol–water partition coefficient (Wildman–Crippen LogP) is 3.14. The zero-order chi connectivity index (χ0) is 23.6. The van der Waals surface area contributed by atoms with Gasteiger partial charge in [0.25, 0.3) is 5.91 Å². The highest BCUT2D eigenvalue weighted by molar-refractivity contribution is 7.99. The summed E-state index contributed by atoms with van der Waals surface area (Å²) in [5.74, 6) is 5.46. The van der Waals surface area contributed by atoms with Crippen LogP contribution in [0.5, 0.6) is 0 Å². The third-order valence-corrected chi connectivity index (χ3v) is 5.45. The number of hydrogen-bond donors (Lipinski definition) is 4. The summed E-state index contributed by atoms with van der Waals surface area (Å²) in [7, 11) is 0. The van der Waals surface area contributed by atoms with Crippen molar-refractivity contribution in [2.75, 3.05) is 18.1 Å². The molecule has 0 heterocycles. The number of nitrogens with two attached hydrogens (primary N) is 1. The largest absolute Gasteiger partial charge is 0.356 e. The van der Waals surface area contributed by atoms with Crippen LogP contribution in [-0.2, 0) is 14.4 Å². The van der Waals surface area contributed by atoms with Crippen LogP contribution in [0.4, 0.5) is 0 Å². The summed E-state index contributed by atoms with van der Waals surface area (Å²) in [6, 6.07) is -0.708. The molecular weight excluding hydrogens is 412 g/mol. The van der Waals surface area contributed by atoms with Gasteiger partial charge in [-0.25, -0.2) is 5.84 Å². The Hall–Kier alpha value is -2.06. The Balaban J connectivity index is 4.31. The Morgan fingerprint density at radius 1 is 0.903 bits per heavy atom. The molecule has 0 unspecified atom stereocenters. The normalized spacial score (nSPS) is 12.7. The maximum absolute atomic E-state index is 12.0. The highest BCUT2D eigenvalue weighted by Gasteiger charge is 2.19. The molecular formula is C23H40N4O3S. The summed E-state index contributed by atoms with van der Waals surface area (Å²) < 4.78 is 0. The first kappa shape index (κ1) is 28.9. The van der Waals surface area contributed by atoms with Crippen LogP contribution >= 0.6 is 11.8 Å². The van der Waals surface area contributed by atoms with Gasteiger partial charge in [-0.15, -0.1) is 0 Å². The number of nitrogens with one attached hydrogen (secondary N) is 3. The summed E-state index contributed by atoms with van der Waals surface area (Å²) in [4.78, 5) is 34.7. The molecule has 7 nitrogen and oxygen atoms in total. The van der Waals surface area contributed by atoms with Gasteiger partial charge in [-0.05, 0) is 53.4 Å². The van der Waals surface area contributed by atoms with Crippen molar-refractivity contribution in [1.29, 1.82) is 0 Å². The number of hydrogen-bond acceptors (Lipinski definition) is 5. The minimum absolute atomic E-state index is 0.110. The van der Waals surface area contributed by atoms with Gasteiger partial charge in [0.1, 0.15) is 6.04 Å². The minimum atomic E-state index is -0.708. The SMILES string of the molecule is CC(=O)NCCC(=O)N[C@@H](CSC/C=C(\C)CC/C=C(\C)CCC=C(C)C)C(=O)NN. The standard InChI is InChI=1S/C23H40N4O3S/c1-17(2)8-6-9-18(3)10-7-11-19(4)13-15-31-16-21(23(30)27-24)26-22(29)12-14-25-20(5)28/h8,10,13,21H,6-7,9,11-12,14-16,24H2,1-5H3,(H,25,28)(H,26,29)(H,27,30)/b18-10+,19-13+/t21-/m0/s1. The molecule has 0 fully saturated rings. The molecule has 0 saturated carbocycles. The van der Waals surface area contributed by atoms with E-state index in [9.17, 15) is 14.4 Å². The molecule has 0 aromatic rings. The van der Waals surface area contributed by atoms with E-state index < -0.39 is 11.9 Å². The van der Waals surface area contributed by atoms with Crippen molar-refractivity contribution in [3.8, 4) is 0 Å². The number of allylic oxidation sites excluding steroid dienone is 5. The van der Waals surface area contributed by atoms with E-state index in [0.29, 0.717) is 5.75 Å². The second-order valence-corrected chi connectivity index (χ2v) is 8.93. The smallest absolute Gasteiger partial charge is 0.257 e. The van der Waals surface area contributed by atoms with Gasteiger partial charge in [0, 0.05) is 31.4 Å². The average molecular weight is 453 g/mol. The summed E-state index contributed by atoms with van der Waals surface area (Å²) in [5, 5.41) is 5.22. The van der Waals surface area contributed by atoms with E-state index in [0.717, 1.165) is 31.4 Å². The first-order valence-electron chi connectivity index (χ1n) is 10.7. The molecule has 5 N–H and O–H groups in total. The highest BCUT2D eigenvalue weighted by Crippen LogP contribution is 2.13. The zero-order valence-electron chi connectivity index (χ0n) is 19.7. The number of rotatable bonds is 15. The second kappa shape index (κ2) is 17.6. The first-order chi connectivity index (χ1) is 14.6. The lowest BCUT2D eigenvalue weighted by atomic mass is 10.1. The lowest BCUT2D eigenvalue weighted by molar-refractivity contribution is -0.128. The van der Waals surface area contributed by atoms with Gasteiger partial charge in [-0.2, -0.15) is 11.8 Å². The number of carbonyl (C=O) groups excluding carboxylic acids is 3. The van der Waals surface area contributed by atoms with Crippen LogP contribution in [0.1, 0.15) is 66.7 Å². The molecule has 0 rings (SSSR count). The summed E-state index contributed by atoms with van der Waals surface area (Å²) in [6.07, 6.45) is 11.1. The van der Waals surface area contributed by atoms with Crippen molar-refractivity contribution in [1.82, 2.24) is 16.1 Å². The van der Waals surface area contributed by atoms with Crippen molar-refractivity contribution in [2.24, 2.45) is 5.84 Å². The van der Waals surface area contributed by atoms with Crippen LogP contribution in [0.2, 0.25) is 0 Å². The van der Waals surface area contributed by atoms with Crippen LogP contribution in [0.25, 0.3) is 0 Å². The second-order valence-electron chi connectivity index (χ2n) is 7.86. The van der Waals surface area contributed by atoms with Crippen molar-refractivity contribution in [3.05, 3.63) is 34.9 Å². The van der Waals surface area contributed by atoms with Gasteiger partial charge in [0.05, 0.1) is 0 Å². The highest BCUT2D eigenvalue weighted by atomic mass is 32.2. The van der Waals surface area contributed by atoms with Crippen LogP contribution < -0.4 is 21.9 Å². The molecule has 1 atom stereocenters. The maximum atomic E-state index is 12.0. The fourth-order valence-electron chi connectivity index (χ4n) is 2.63. The zero-order valence-corrected chi connectivity index (χ0v) is 20.5. The third kappa shape index (κ3) is 17.3. The molecule has 0 aliphatic rings. The van der Waals surface area contributed by atoms with Gasteiger partial charge in [0.15, 0.2) is 0 Å². The summed E-state index contributed by atoms with van der Waals surface area (Å²) >= 11 is 1.56. The Bertz CT molecular complexity index is 668. The molecule has 0 aliphatic heterocycles. The average Bonchev–Trinajstić information content (AvgIpc) is 2.69. The van der Waals surface area contributed by atoms with E-state index in [1.165, 1.54) is 23.6 Å². The maximum Gasteiger partial charge on any atom is 0.257 e. The molecule has 0 aliphatic carbocycles. The van der Waals surface area contributed by atoms with E-state index in [-0.39, 0.29) is 24.8 Å². The van der Waals surface area contributed by atoms with E-state index >= 15 is 0 Å². The summed E-state index contributed by atoms with van der Waals surface area (Å²) in [5.41, 5.74) is 6.18. The molecule has 0 spiro atoms. The Morgan fingerprint density at radius 2 is 1.52 bits per heavy atom. The molecule has 3 amide bonds. The van der Waals surface area contributed by atoms with Crippen LogP contribution in [0.3, 0.4) is 0 Å². The summed E-state index contributed by atoms with van der Waals surface area (Å²) in [6.45, 7) is 10.2. The van der Waals surface area contributed by atoms with Gasteiger partial charge in [0.2, 0.25) is 11.8 Å². The molecule has 176 valence electrons. The Morgan fingerprint density at radius 3 is 2.10 bits per heavy atom. The van der Waals surface area contributed by atoms with Crippen molar-refractivity contribution >= 4 is 29.5 Å². The van der Waals surface area contributed by atoms with E-state index in [4.69, 9.17) is 5.84 Å². The fourth-order valence-corrected chi connectivity index (χ4v) is 3.64. The topological polar surface area (TPSA) is 113 Å². The fraction of sp³-hybridized carbons (Fsp3) is 0.609. The van der Waals surface area contributed by atoms with Crippen molar-refractivity contribution in [2.45, 2.75) is 72.8 Å². The molecule has 0 bridgehead atoms. The van der Waals surface area contributed by atoms with Crippen LogP contribution in [-0.4, -0.2) is 41.8 Å². The first-order valence-corrected chi connectivity index (χ1v) is 11.9. The molecule has 8 heteroatoms. The Kier molecular flexibility index (Phi) is 16.4. The van der Waals surface area contributed by atoms with E-state index in [1.54, 1.807) is 11.8 Å².